The standard InChI is InChI=1S/C8H12NO4P/c1-8(11-3-4-12-8)5-6(9-2)7(10)13-14/h6H,3-5,14H2,1H3. The van der Waals surface area contributed by atoms with Crippen molar-refractivity contribution in [3.63, 3.8) is 0 Å². The van der Waals surface area contributed by atoms with E-state index in [0.29, 0.717) is 13.2 Å². The molecule has 1 heterocycles. The molecule has 0 aromatic rings. The van der Waals surface area contributed by atoms with Gasteiger partial charge in [0.2, 0.25) is 0 Å². The highest BCUT2D eigenvalue weighted by Gasteiger charge is 2.40. The summed E-state index contributed by atoms with van der Waals surface area (Å²) < 4.78 is 15.0. The number of hydrogen-bond donors (Lipinski definition) is 0. The van der Waals surface area contributed by atoms with Crippen LogP contribution in [0.5, 0.6) is 0 Å². The number of nitrogens with zero attached hydrogens (tertiary/aromatic N) is 1. The topological polar surface area (TPSA) is 49.1 Å². The average molecular weight is 217 g/mol. The molecule has 0 radical (unpaired) electrons. The van der Waals surface area contributed by atoms with Gasteiger partial charge in [-0.05, 0) is 6.92 Å². The fourth-order valence-corrected chi connectivity index (χ4v) is 1.44. The summed E-state index contributed by atoms with van der Waals surface area (Å²) in [5.74, 6) is -1.40. The Labute approximate surface area is 84.8 Å². The Morgan fingerprint density at radius 3 is 2.71 bits per heavy atom. The van der Waals surface area contributed by atoms with Gasteiger partial charge in [-0.25, -0.2) is 11.4 Å². The van der Waals surface area contributed by atoms with E-state index in [4.69, 9.17) is 16.0 Å². The van der Waals surface area contributed by atoms with Gasteiger partial charge in [0.15, 0.2) is 5.79 Å². The molecule has 1 fully saturated rings. The van der Waals surface area contributed by atoms with E-state index in [0.717, 1.165) is 0 Å². The molecular formula is C8H12NO4P. The number of carbonyl (C=O) groups excluding carboxylic acids is 1. The van der Waals surface area contributed by atoms with Gasteiger partial charge in [0.1, 0.15) is 0 Å². The van der Waals surface area contributed by atoms with E-state index in [1.807, 2.05) is 9.47 Å². The SMILES string of the molecule is [C-]#[N+]C(CC1(C)OCCO1)C(=O)OP. The minimum absolute atomic E-state index is 0.198. The maximum absolute atomic E-state index is 11.1. The molecule has 78 valence electrons. The smallest absolute Gasteiger partial charge is 0.392 e. The van der Waals surface area contributed by atoms with Crippen molar-refractivity contribution in [2.75, 3.05) is 13.2 Å². The molecule has 2 atom stereocenters. The average Bonchev–Trinajstić information content (AvgIpc) is 2.61. The molecule has 1 saturated heterocycles. The molecule has 1 rings (SSSR count). The third-order valence-electron chi connectivity index (χ3n) is 2.01. The number of carbonyl (C=O) groups is 1. The van der Waals surface area contributed by atoms with E-state index < -0.39 is 17.8 Å². The molecule has 0 bridgehead atoms. The molecule has 0 amide bonds. The summed E-state index contributed by atoms with van der Waals surface area (Å²) in [5, 5.41) is 0. The van der Waals surface area contributed by atoms with E-state index in [-0.39, 0.29) is 6.42 Å². The Kier molecular flexibility index (Phi) is 3.82. The van der Waals surface area contributed by atoms with Crippen molar-refractivity contribution in [3.8, 4) is 0 Å². The maximum Gasteiger partial charge on any atom is 0.392 e. The molecule has 0 N–H and O–H groups in total. The lowest BCUT2D eigenvalue weighted by Gasteiger charge is -2.21. The van der Waals surface area contributed by atoms with E-state index in [1.54, 1.807) is 6.92 Å². The molecule has 0 aromatic carbocycles. The van der Waals surface area contributed by atoms with Gasteiger partial charge in [-0.1, -0.05) is 0 Å². The largest absolute Gasteiger partial charge is 0.446 e. The second-order valence-corrected chi connectivity index (χ2v) is 3.35. The molecule has 2 unspecified atom stereocenters. The maximum atomic E-state index is 11.1. The Bertz CT molecular complexity index is 257. The lowest BCUT2D eigenvalue weighted by molar-refractivity contribution is -0.157. The lowest BCUT2D eigenvalue weighted by Crippen LogP contribution is -2.33. The molecule has 1 aliphatic heterocycles. The van der Waals surface area contributed by atoms with Crippen molar-refractivity contribution in [3.05, 3.63) is 11.4 Å². The molecule has 1 aliphatic rings. The van der Waals surface area contributed by atoms with Gasteiger partial charge in [0.25, 0.3) is 0 Å². The van der Waals surface area contributed by atoms with Crippen molar-refractivity contribution in [1.29, 1.82) is 0 Å². The molecule has 14 heavy (non-hydrogen) atoms. The van der Waals surface area contributed by atoms with Crippen LogP contribution in [-0.2, 0) is 18.8 Å². The summed E-state index contributed by atoms with van der Waals surface area (Å²) >= 11 is 0. The third-order valence-corrected chi connectivity index (χ3v) is 2.24. The van der Waals surface area contributed by atoms with Gasteiger partial charge < -0.3 is 18.8 Å². The van der Waals surface area contributed by atoms with E-state index >= 15 is 0 Å². The highest BCUT2D eigenvalue weighted by atomic mass is 31.0. The van der Waals surface area contributed by atoms with Gasteiger partial charge in [-0.3, -0.25) is 0 Å². The van der Waals surface area contributed by atoms with Gasteiger partial charge >= 0.3 is 12.0 Å². The van der Waals surface area contributed by atoms with Crippen molar-refractivity contribution in [1.82, 2.24) is 0 Å². The fraction of sp³-hybridized carbons (Fsp3) is 0.750. The van der Waals surface area contributed by atoms with Crippen LogP contribution in [-0.4, -0.2) is 31.0 Å². The van der Waals surface area contributed by atoms with Crippen LogP contribution >= 0.6 is 9.47 Å². The van der Waals surface area contributed by atoms with E-state index in [9.17, 15) is 4.79 Å². The molecular weight excluding hydrogens is 205 g/mol. The van der Waals surface area contributed by atoms with E-state index in [2.05, 4.69) is 9.37 Å². The van der Waals surface area contributed by atoms with Crippen LogP contribution in [0.25, 0.3) is 4.85 Å². The predicted molar refractivity (Wildman–Crippen MR) is 51.1 cm³/mol. The van der Waals surface area contributed by atoms with Crippen LogP contribution < -0.4 is 0 Å². The van der Waals surface area contributed by atoms with Crippen LogP contribution in [0.3, 0.4) is 0 Å². The van der Waals surface area contributed by atoms with Crippen LogP contribution in [0.15, 0.2) is 0 Å². The molecule has 0 spiro atoms. The molecule has 6 heteroatoms. The summed E-state index contributed by atoms with van der Waals surface area (Å²) in [6, 6.07) is -0.865. The molecule has 5 nitrogen and oxygen atoms in total. The Hall–Kier alpha value is -0.690. The van der Waals surface area contributed by atoms with Gasteiger partial charge in [-0.15, -0.1) is 0 Å². The highest BCUT2D eigenvalue weighted by molar-refractivity contribution is 7.10. The monoisotopic (exact) mass is 217 g/mol. The van der Waals surface area contributed by atoms with Crippen molar-refractivity contribution >= 4 is 15.4 Å². The molecule has 0 aromatic heterocycles. The third kappa shape index (κ3) is 2.65. The van der Waals surface area contributed by atoms with Crippen LogP contribution in [0, 0.1) is 6.57 Å². The number of rotatable bonds is 3. The summed E-state index contributed by atoms with van der Waals surface area (Å²) in [6.07, 6.45) is 0.198. The van der Waals surface area contributed by atoms with Crippen molar-refractivity contribution in [2.24, 2.45) is 0 Å². The minimum atomic E-state index is -0.865. The zero-order valence-electron chi connectivity index (χ0n) is 7.86. The Morgan fingerprint density at radius 1 is 1.71 bits per heavy atom. The predicted octanol–water partition coefficient (Wildman–Crippen LogP) is 0.761. The van der Waals surface area contributed by atoms with Gasteiger partial charge in [-0.2, -0.15) is 0 Å². The van der Waals surface area contributed by atoms with Crippen LogP contribution in [0.1, 0.15) is 13.3 Å². The summed E-state index contributed by atoms with van der Waals surface area (Å²) in [5.41, 5.74) is 0. The lowest BCUT2D eigenvalue weighted by atomic mass is 10.1. The van der Waals surface area contributed by atoms with Gasteiger partial charge in [0, 0.05) is 0 Å². The zero-order valence-corrected chi connectivity index (χ0v) is 9.01. The van der Waals surface area contributed by atoms with Crippen molar-refractivity contribution in [2.45, 2.75) is 25.2 Å². The normalized spacial score (nSPS) is 21.2. The Morgan fingerprint density at radius 2 is 2.29 bits per heavy atom. The zero-order chi connectivity index (χ0) is 10.6. The highest BCUT2D eigenvalue weighted by Crippen LogP contribution is 2.25. The second kappa shape index (κ2) is 4.70. The van der Waals surface area contributed by atoms with Crippen molar-refractivity contribution < 1.29 is 18.8 Å². The quantitative estimate of drug-likeness (QED) is 0.517. The number of ether oxygens (including phenoxy) is 2. The van der Waals surface area contributed by atoms with Crippen LogP contribution in [0.4, 0.5) is 0 Å². The first-order valence-electron chi connectivity index (χ1n) is 4.16. The first kappa shape index (κ1) is 11.4. The Balaban J connectivity index is 2.56. The van der Waals surface area contributed by atoms with Crippen LogP contribution in [0.2, 0.25) is 0 Å². The fourth-order valence-electron chi connectivity index (χ4n) is 1.29. The first-order valence-corrected chi connectivity index (χ1v) is 4.63. The number of hydrogen-bond acceptors (Lipinski definition) is 4. The van der Waals surface area contributed by atoms with E-state index in [1.165, 1.54) is 0 Å². The second-order valence-electron chi connectivity index (χ2n) is 3.12. The minimum Gasteiger partial charge on any atom is -0.446 e. The van der Waals surface area contributed by atoms with Gasteiger partial charge in [0.05, 0.1) is 29.1 Å². The molecule has 0 saturated carbocycles. The summed E-state index contributed by atoms with van der Waals surface area (Å²) in [6.45, 7) is 9.56. The summed E-state index contributed by atoms with van der Waals surface area (Å²) in [4.78, 5) is 14.3. The first-order chi connectivity index (χ1) is 6.61. The summed E-state index contributed by atoms with van der Waals surface area (Å²) in [7, 11) is 1.83. The molecule has 0 aliphatic carbocycles.